The Hall–Kier alpha value is -1.51. The Morgan fingerprint density at radius 2 is 1.95 bits per heavy atom. The van der Waals surface area contributed by atoms with Gasteiger partial charge in [0.1, 0.15) is 5.75 Å². The first-order valence-electron chi connectivity index (χ1n) is 6.71. The molecule has 2 aromatic rings. The Morgan fingerprint density at radius 3 is 2.60 bits per heavy atom. The minimum atomic E-state index is 0.166. The number of halogens is 1. The molecule has 0 spiro atoms. The van der Waals surface area contributed by atoms with Crippen LogP contribution in [-0.2, 0) is 6.42 Å². The lowest BCUT2D eigenvalue weighted by Crippen LogP contribution is -2.19. The lowest BCUT2D eigenvalue weighted by molar-refractivity contribution is 0.406. The molecule has 2 rings (SSSR count). The highest BCUT2D eigenvalue weighted by Crippen LogP contribution is 2.29. The van der Waals surface area contributed by atoms with Gasteiger partial charge < -0.3 is 10.1 Å². The Balaban J connectivity index is 2.31. The maximum absolute atomic E-state index is 6.30. The molecule has 0 fully saturated rings. The van der Waals surface area contributed by atoms with Gasteiger partial charge in [-0.1, -0.05) is 47.5 Å². The Kier molecular flexibility index (Phi) is 5.05. The normalized spacial score (nSPS) is 12.2. The predicted octanol–water partition coefficient (Wildman–Crippen LogP) is 4.16. The van der Waals surface area contributed by atoms with E-state index in [0.717, 1.165) is 22.8 Å². The third kappa shape index (κ3) is 3.33. The molecular weight excluding hydrogens is 270 g/mol. The van der Waals surface area contributed by atoms with Crippen molar-refractivity contribution in [3.8, 4) is 5.75 Å². The van der Waals surface area contributed by atoms with Gasteiger partial charge in [0.05, 0.1) is 7.11 Å². The minimum Gasteiger partial charge on any atom is -0.496 e. The molecule has 0 radical (unpaired) electrons. The summed E-state index contributed by atoms with van der Waals surface area (Å²) in [4.78, 5) is 0. The standard InChI is InChI=1S/C17H20ClNO/c1-12-8-9-17(20-3)13(10-12)11-16(19-2)14-6-4-5-7-15(14)18/h4-10,16,19H,11H2,1-3H3. The molecule has 0 aliphatic rings. The number of benzene rings is 2. The number of ether oxygens (including phenoxy) is 1. The van der Waals surface area contributed by atoms with Gasteiger partial charge in [0.2, 0.25) is 0 Å². The summed E-state index contributed by atoms with van der Waals surface area (Å²) in [5, 5.41) is 4.13. The molecule has 0 aliphatic heterocycles. The van der Waals surface area contributed by atoms with Gasteiger partial charge in [0.25, 0.3) is 0 Å². The van der Waals surface area contributed by atoms with Crippen molar-refractivity contribution in [1.29, 1.82) is 0 Å². The number of likely N-dealkylation sites (N-methyl/N-ethyl adjacent to an activating group) is 1. The summed E-state index contributed by atoms with van der Waals surface area (Å²) in [6.45, 7) is 2.09. The highest BCUT2D eigenvalue weighted by molar-refractivity contribution is 6.31. The number of hydrogen-bond acceptors (Lipinski definition) is 2. The molecule has 0 saturated carbocycles. The molecule has 20 heavy (non-hydrogen) atoms. The summed E-state index contributed by atoms with van der Waals surface area (Å²) in [7, 11) is 3.66. The van der Waals surface area contributed by atoms with Crippen LogP contribution in [0, 0.1) is 6.92 Å². The second-order valence-corrected chi connectivity index (χ2v) is 5.29. The fraction of sp³-hybridized carbons (Fsp3) is 0.294. The van der Waals surface area contributed by atoms with E-state index in [1.165, 1.54) is 11.1 Å². The molecule has 0 heterocycles. The van der Waals surface area contributed by atoms with E-state index < -0.39 is 0 Å². The van der Waals surface area contributed by atoms with Gasteiger partial charge in [-0.3, -0.25) is 0 Å². The highest BCUT2D eigenvalue weighted by atomic mass is 35.5. The number of methoxy groups -OCH3 is 1. The van der Waals surface area contributed by atoms with Crippen molar-refractivity contribution in [2.24, 2.45) is 0 Å². The summed E-state index contributed by atoms with van der Waals surface area (Å²) in [5.74, 6) is 0.919. The molecule has 0 saturated heterocycles. The fourth-order valence-electron chi connectivity index (χ4n) is 2.41. The SMILES string of the molecule is CNC(Cc1cc(C)ccc1OC)c1ccccc1Cl. The summed E-state index contributed by atoms with van der Waals surface area (Å²) in [5.41, 5.74) is 3.53. The van der Waals surface area contributed by atoms with Gasteiger partial charge in [-0.25, -0.2) is 0 Å². The molecule has 0 bridgehead atoms. The third-order valence-corrected chi connectivity index (χ3v) is 3.83. The van der Waals surface area contributed by atoms with Crippen molar-refractivity contribution in [2.45, 2.75) is 19.4 Å². The van der Waals surface area contributed by atoms with Gasteiger partial charge in [-0.05, 0) is 43.7 Å². The van der Waals surface area contributed by atoms with Crippen molar-refractivity contribution >= 4 is 11.6 Å². The maximum Gasteiger partial charge on any atom is 0.122 e. The molecule has 2 aromatic carbocycles. The molecule has 1 atom stereocenters. The van der Waals surface area contributed by atoms with E-state index in [4.69, 9.17) is 16.3 Å². The van der Waals surface area contributed by atoms with E-state index >= 15 is 0 Å². The van der Waals surface area contributed by atoms with E-state index in [9.17, 15) is 0 Å². The van der Waals surface area contributed by atoms with Gasteiger partial charge in [0, 0.05) is 11.1 Å². The highest BCUT2D eigenvalue weighted by Gasteiger charge is 2.15. The van der Waals surface area contributed by atoms with Crippen molar-refractivity contribution < 1.29 is 4.74 Å². The minimum absolute atomic E-state index is 0.166. The van der Waals surface area contributed by atoms with E-state index in [0.29, 0.717) is 0 Å². The average Bonchev–Trinajstić information content (AvgIpc) is 2.46. The second kappa shape index (κ2) is 6.78. The van der Waals surface area contributed by atoms with E-state index in [2.05, 4.69) is 30.4 Å². The van der Waals surface area contributed by atoms with E-state index in [1.54, 1.807) is 7.11 Å². The first kappa shape index (κ1) is 14.9. The quantitative estimate of drug-likeness (QED) is 0.892. The third-order valence-electron chi connectivity index (χ3n) is 3.49. The van der Waals surface area contributed by atoms with Crippen LogP contribution in [0.4, 0.5) is 0 Å². The molecule has 106 valence electrons. The smallest absolute Gasteiger partial charge is 0.122 e. The van der Waals surface area contributed by atoms with Gasteiger partial charge in [-0.2, -0.15) is 0 Å². The van der Waals surface area contributed by atoms with Gasteiger partial charge in [0.15, 0.2) is 0 Å². The average molecular weight is 290 g/mol. The van der Waals surface area contributed by atoms with E-state index in [1.807, 2.05) is 31.3 Å². The van der Waals surface area contributed by atoms with Crippen LogP contribution in [0.25, 0.3) is 0 Å². The molecule has 0 amide bonds. The van der Waals surface area contributed by atoms with Crippen LogP contribution in [0.3, 0.4) is 0 Å². The Labute approximate surface area is 125 Å². The Morgan fingerprint density at radius 1 is 1.20 bits per heavy atom. The monoisotopic (exact) mass is 289 g/mol. The van der Waals surface area contributed by atoms with Crippen molar-refractivity contribution in [3.05, 3.63) is 64.2 Å². The van der Waals surface area contributed by atoms with Crippen LogP contribution in [0.2, 0.25) is 5.02 Å². The van der Waals surface area contributed by atoms with Crippen LogP contribution in [-0.4, -0.2) is 14.2 Å². The van der Waals surface area contributed by atoms with Crippen LogP contribution >= 0.6 is 11.6 Å². The fourth-order valence-corrected chi connectivity index (χ4v) is 2.68. The molecular formula is C17H20ClNO. The van der Waals surface area contributed by atoms with Gasteiger partial charge >= 0.3 is 0 Å². The molecule has 1 N–H and O–H groups in total. The molecule has 1 unspecified atom stereocenters. The summed E-state index contributed by atoms with van der Waals surface area (Å²) in [6, 6.07) is 14.4. The zero-order valence-electron chi connectivity index (χ0n) is 12.1. The zero-order chi connectivity index (χ0) is 14.5. The summed E-state index contributed by atoms with van der Waals surface area (Å²) >= 11 is 6.30. The largest absolute Gasteiger partial charge is 0.496 e. The second-order valence-electron chi connectivity index (χ2n) is 4.88. The van der Waals surface area contributed by atoms with Crippen LogP contribution in [0.1, 0.15) is 22.7 Å². The summed E-state index contributed by atoms with van der Waals surface area (Å²) in [6.07, 6.45) is 0.838. The molecule has 0 aliphatic carbocycles. The first-order valence-corrected chi connectivity index (χ1v) is 7.08. The zero-order valence-corrected chi connectivity index (χ0v) is 12.9. The number of aryl methyl sites for hydroxylation is 1. The lowest BCUT2D eigenvalue weighted by Gasteiger charge is -2.20. The number of nitrogens with one attached hydrogen (secondary N) is 1. The van der Waals surface area contributed by atoms with Crippen LogP contribution in [0.15, 0.2) is 42.5 Å². The topological polar surface area (TPSA) is 21.3 Å². The van der Waals surface area contributed by atoms with Crippen LogP contribution in [0.5, 0.6) is 5.75 Å². The Bertz CT molecular complexity index is 583. The molecule has 2 nitrogen and oxygen atoms in total. The van der Waals surface area contributed by atoms with E-state index in [-0.39, 0.29) is 6.04 Å². The predicted molar refractivity (Wildman–Crippen MR) is 84.7 cm³/mol. The maximum atomic E-state index is 6.30. The van der Waals surface area contributed by atoms with Crippen molar-refractivity contribution in [2.75, 3.05) is 14.2 Å². The summed E-state index contributed by atoms with van der Waals surface area (Å²) < 4.78 is 5.45. The lowest BCUT2D eigenvalue weighted by atomic mass is 9.97. The van der Waals surface area contributed by atoms with Crippen molar-refractivity contribution in [1.82, 2.24) is 5.32 Å². The number of hydrogen-bond donors (Lipinski definition) is 1. The van der Waals surface area contributed by atoms with Crippen LogP contribution < -0.4 is 10.1 Å². The molecule has 0 aromatic heterocycles. The number of rotatable bonds is 5. The first-order chi connectivity index (χ1) is 9.65. The van der Waals surface area contributed by atoms with Crippen molar-refractivity contribution in [3.63, 3.8) is 0 Å². The van der Waals surface area contributed by atoms with Gasteiger partial charge in [-0.15, -0.1) is 0 Å². The molecule has 3 heteroatoms.